The smallest absolute Gasteiger partial charge is 0.212 e. The van der Waals surface area contributed by atoms with Gasteiger partial charge in [0.15, 0.2) is 0 Å². The van der Waals surface area contributed by atoms with Crippen molar-refractivity contribution >= 4 is 21.6 Å². The van der Waals surface area contributed by atoms with E-state index in [9.17, 15) is 0 Å². The van der Waals surface area contributed by atoms with Crippen LogP contribution in [-0.2, 0) is 0 Å². The number of hydrogen-bond donors (Lipinski definition) is 2. The molecular weight excluding hydrogens is 330 g/mol. The zero-order valence-electron chi connectivity index (χ0n) is 12.5. The molecule has 0 radical (unpaired) electrons. The van der Waals surface area contributed by atoms with Crippen LogP contribution in [0, 0.1) is 13.8 Å². The molecule has 2 aromatic rings. The molecular formula is C16H20BrN3O. The number of hydrogen-bond acceptors (Lipinski definition) is 4. The van der Waals surface area contributed by atoms with Gasteiger partial charge in [0, 0.05) is 29.0 Å². The number of rotatable bonds is 5. The van der Waals surface area contributed by atoms with Gasteiger partial charge in [-0.05, 0) is 42.7 Å². The lowest BCUT2D eigenvalue weighted by atomic mass is 10.1. The van der Waals surface area contributed by atoms with E-state index in [-0.39, 0.29) is 6.04 Å². The summed E-state index contributed by atoms with van der Waals surface area (Å²) >= 11 is 3.58. The number of nitrogens with zero attached hydrogens (tertiary/aromatic N) is 1. The van der Waals surface area contributed by atoms with Gasteiger partial charge < -0.3 is 15.8 Å². The molecule has 0 aliphatic heterocycles. The quantitative estimate of drug-likeness (QED) is 0.865. The van der Waals surface area contributed by atoms with Crippen LogP contribution in [0.2, 0.25) is 0 Å². The molecule has 0 fully saturated rings. The maximum Gasteiger partial charge on any atom is 0.212 e. The topological polar surface area (TPSA) is 60.2 Å². The van der Waals surface area contributed by atoms with Crippen molar-refractivity contribution in [3.63, 3.8) is 0 Å². The van der Waals surface area contributed by atoms with Gasteiger partial charge in [0.2, 0.25) is 5.88 Å². The number of anilines is 1. The molecule has 3 N–H and O–H groups in total. The molecule has 0 saturated carbocycles. The van der Waals surface area contributed by atoms with Crippen LogP contribution in [-0.4, -0.2) is 18.6 Å². The molecule has 0 bridgehead atoms. The summed E-state index contributed by atoms with van der Waals surface area (Å²) < 4.78 is 6.22. The van der Waals surface area contributed by atoms with E-state index in [2.05, 4.69) is 52.2 Å². The van der Waals surface area contributed by atoms with Crippen LogP contribution in [0.5, 0.6) is 5.88 Å². The van der Waals surface area contributed by atoms with Crippen molar-refractivity contribution in [3.8, 4) is 5.88 Å². The number of ether oxygens (including phenoxy) is 1. The summed E-state index contributed by atoms with van der Waals surface area (Å²) in [5.41, 5.74) is 10.4. The van der Waals surface area contributed by atoms with Crippen LogP contribution >= 0.6 is 15.9 Å². The molecule has 0 amide bonds. The molecule has 1 unspecified atom stereocenters. The molecule has 21 heavy (non-hydrogen) atoms. The third kappa shape index (κ3) is 3.74. The van der Waals surface area contributed by atoms with Gasteiger partial charge in [-0.15, -0.1) is 0 Å². The first-order valence-corrected chi connectivity index (χ1v) is 7.57. The zero-order valence-corrected chi connectivity index (χ0v) is 14.1. The molecule has 0 aliphatic carbocycles. The van der Waals surface area contributed by atoms with Crippen molar-refractivity contribution < 1.29 is 4.74 Å². The maximum absolute atomic E-state index is 5.90. The average molecular weight is 350 g/mol. The second-order valence-electron chi connectivity index (χ2n) is 4.99. The van der Waals surface area contributed by atoms with E-state index in [1.54, 1.807) is 13.3 Å². The SMILES string of the molecule is COc1ccc(C(CN)Nc2cc(C)c(Br)c(C)c2)cn1. The van der Waals surface area contributed by atoms with E-state index in [0.717, 1.165) is 15.7 Å². The monoisotopic (exact) mass is 349 g/mol. The highest BCUT2D eigenvalue weighted by molar-refractivity contribution is 9.10. The molecule has 5 heteroatoms. The van der Waals surface area contributed by atoms with Crippen molar-refractivity contribution in [2.45, 2.75) is 19.9 Å². The Kier molecular flexibility index (Phi) is 5.20. The third-order valence-electron chi connectivity index (χ3n) is 3.38. The zero-order chi connectivity index (χ0) is 15.4. The van der Waals surface area contributed by atoms with Gasteiger partial charge in [-0.1, -0.05) is 22.0 Å². The highest BCUT2D eigenvalue weighted by atomic mass is 79.9. The second kappa shape index (κ2) is 6.91. The van der Waals surface area contributed by atoms with Crippen LogP contribution < -0.4 is 15.8 Å². The lowest BCUT2D eigenvalue weighted by molar-refractivity contribution is 0.397. The molecule has 0 aliphatic rings. The lowest BCUT2D eigenvalue weighted by Gasteiger charge is -2.20. The first kappa shape index (κ1) is 15.8. The standard InChI is InChI=1S/C16H20BrN3O/c1-10-6-13(7-11(2)16(10)17)20-14(8-18)12-4-5-15(21-3)19-9-12/h4-7,9,14,20H,8,18H2,1-3H3. The molecule has 0 spiro atoms. The summed E-state index contributed by atoms with van der Waals surface area (Å²) in [5, 5.41) is 3.46. The van der Waals surface area contributed by atoms with Crippen molar-refractivity contribution in [2.24, 2.45) is 5.73 Å². The van der Waals surface area contributed by atoms with Gasteiger partial charge >= 0.3 is 0 Å². The van der Waals surface area contributed by atoms with Crippen LogP contribution in [0.25, 0.3) is 0 Å². The Bertz CT molecular complexity index is 590. The number of nitrogens with two attached hydrogens (primary N) is 1. The first-order valence-electron chi connectivity index (χ1n) is 6.78. The van der Waals surface area contributed by atoms with Crippen LogP contribution in [0.15, 0.2) is 34.9 Å². The minimum atomic E-state index is 0.0170. The number of aryl methyl sites for hydroxylation is 2. The number of benzene rings is 1. The van der Waals surface area contributed by atoms with E-state index in [0.29, 0.717) is 12.4 Å². The van der Waals surface area contributed by atoms with Crippen LogP contribution in [0.3, 0.4) is 0 Å². The predicted molar refractivity (Wildman–Crippen MR) is 89.8 cm³/mol. The van der Waals surface area contributed by atoms with Crippen molar-refractivity contribution in [2.75, 3.05) is 19.0 Å². The summed E-state index contributed by atoms with van der Waals surface area (Å²) in [6.45, 7) is 4.64. The molecule has 1 aromatic carbocycles. The predicted octanol–water partition coefficient (Wildman–Crippen LogP) is 3.58. The van der Waals surface area contributed by atoms with Crippen molar-refractivity contribution in [1.82, 2.24) is 4.98 Å². The van der Waals surface area contributed by atoms with Gasteiger partial charge in [-0.2, -0.15) is 0 Å². The number of pyridine rings is 1. The van der Waals surface area contributed by atoms with Gasteiger partial charge in [0.05, 0.1) is 13.2 Å². The Balaban J connectivity index is 2.22. The van der Waals surface area contributed by atoms with Gasteiger partial charge in [0.25, 0.3) is 0 Å². The summed E-state index contributed by atoms with van der Waals surface area (Å²) in [4.78, 5) is 4.23. The van der Waals surface area contributed by atoms with E-state index >= 15 is 0 Å². The maximum atomic E-state index is 5.90. The van der Waals surface area contributed by atoms with Crippen molar-refractivity contribution in [3.05, 3.63) is 51.6 Å². The molecule has 4 nitrogen and oxygen atoms in total. The molecule has 112 valence electrons. The Morgan fingerprint density at radius 2 is 1.95 bits per heavy atom. The number of halogens is 1. The van der Waals surface area contributed by atoms with Gasteiger partial charge in [0.1, 0.15) is 0 Å². The Morgan fingerprint density at radius 1 is 1.29 bits per heavy atom. The summed E-state index contributed by atoms with van der Waals surface area (Å²) in [6, 6.07) is 8.06. The van der Waals surface area contributed by atoms with Crippen LogP contribution in [0.4, 0.5) is 5.69 Å². The Morgan fingerprint density at radius 3 is 2.43 bits per heavy atom. The number of aromatic nitrogens is 1. The fourth-order valence-corrected chi connectivity index (χ4v) is 2.46. The average Bonchev–Trinajstić information content (AvgIpc) is 2.50. The highest BCUT2D eigenvalue weighted by Gasteiger charge is 2.11. The molecule has 0 saturated heterocycles. The van der Waals surface area contributed by atoms with E-state index < -0.39 is 0 Å². The van der Waals surface area contributed by atoms with E-state index in [1.807, 2.05) is 12.1 Å². The largest absolute Gasteiger partial charge is 0.481 e. The fraction of sp³-hybridized carbons (Fsp3) is 0.312. The lowest BCUT2D eigenvalue weighted by Crippen LogP contribution is -2.21. The van der Waals surface area contributed by atoms with Crippen molar-refractivity contribution in [1.29, 1.82) is 0 Å². The molecule has 1 aromatic heterocycles. The minimum Gasteiger partial charge on any atom is -0.481 e. The number of nitrogens with one attached hydrogen (secondary N) is 1. The fourth-order valence-electron chi connectivity index (χ4n) is 2.23. The van der Waals surface area contributed by atoms with E-state index in [1.165, 1.54) is 11.1 Å². The first-order chi connectivity index (χ1) is 10.0. The minimum absolute atomic E-state index is 0.0170. The van der Waals surface area contributed by atoms with Gasteiger partial charge in [-0.3, -0.25) is 0 Å². The summed E-state index contributed by atoms with van der Waals surface area (Å²) in [5.74, 6) is 0.602. The Hall–Kier alpha value is -1.59. The van der Waals surface area contributed by atoms with Gasteiger partial charge in [-0.25, -0.2) is 4.98 Å². The third-order valence-corrected chi connectivity index (χ3v) is 4.63. The second-order valence-corrected chi connectivity index (χ2v) is 5.78. The van der Waals surface area contributed by atoms with E-state index in [4.69, 9.17) is 10.5 Å². The summed E-state index contributed by atoms with van der Waals surface area (Å²) in [7, 11) is 1.61. The highest BCUT2D eigenvalue weighted by Crippen LogP contribution is 2.27. The normalized spacial score (nSPS) is 12.0. The molecule has 2 rings (SSSR count). The summed E-state index contributed by atoms with van der Waals surface area (Å²) in [6.07, 6.45) is 1.79. The van der Waals surface area contributed by atoms with Crippen LogP contribution in [0.1, 0.15) is 22.7 Å². The molecule has 1 atom stereocenters. The Labute approximate surface area is 133 Å². The molecule has 1 heterocycles. The number of methoxy groups -OCH3 is 1.